The standard InChI is InChI=1S/C65H100O28/c1-14-26(3)54(81)88-44-28(5)83-58(43(76)46(44)89-55(82)27(4)15-2)93-52-51(84-29(6)69)60(7,8)22-31-30-16-17-35-62(11)20-19-36(61(9,10)34(62)18-21-63(35,12)64(30,13)49(77)50(78)65(31,52)25-68)87-59-48(92-57-41(74)39(72)37(70)32(23-66)85-57)45(42(75)47(91-59)53(79)80)90-56-40(73)38(71)33(24-67)86-56/h14-16,28,31-52,56-59,66-68,70-78H,17-25H2,1-13H3,(H,79,80)/b26-14-,27-15-/t28-,31?,32+,33+,34?,35?,36-,37-,38+,39-,40-,41+,42-,43-,44-,45-,46-,47-,48+,49+,50-,51-,52+,56+,57-,58+,59-,62-,63+,64-,65-/m0/s1. The number of allylic oxidation sites excluding steroid dienone is 3. The number of fused-ring (bicyclic) bond motifs is 7. The molecule has 31 atom stereocenters. The first-order valence-electron chi connectivity index (χ1n) is 32.4. The van der Waals surface area contributed by atoms with Crippen LogP contribution in [0.5, 0.6) is 0 Å². The number of esters is 3. The molecule has 0 aromatic heterocycles. The van der Waals surface area contributed by atoms with Gasteiger partial charge in [0.05, 0.1) is 49.7 Å². The first-order chi connectivity index (χ1) is 43.4. The molecule has 0 aromatic carbocycles. The van der Waals surface area contributed by atoms with Gasteiger partial charge in [0, 0.05) is 28.9 Å². The normalized spacial score (nSPS) is 48.8. The minimum Gasteiger partial charge on any atom is -0.479 e. The first-order valence-corrected chi connectivity index (χ1v) is 32.4. The molecule has 0 spiro atoms. The van der Waals surface area contributed by atoms with Gasteiger partial charge in [-0.15, -0.1) is 0 Å². The predicted octanol–water partition coefficient (Wildman–Crippen LogP) is -0.315. The van der Waals surface area contributed by atoms with E-state index >= 15 is 0 Å². The van der Waals surface area contributed by atoms with Crippen molar-refractivity contribution in [1.29, 1.82) is 0 Å². The summed E-state index contributed by atoms with van der Waals surface area (Å²) in [4.78, 5) is 53.0. The van der Waals surface area contributed by atoms with Crippen LogP contribution in [0.15, 0.2) is 34.9 Å². The second kappa shape index (κ2) is 27.2. The van der Waals surface area contributed by atoms with E-state index in [1.165, 1.54) is 39.8 Å². The fraction of sp³-hybridized carbons (Fsp3) is 0.846. The SMILES string of the molecule is C/C=C(/C)C(=O)O[C@@H]1[C@@H](OC(=O)/C(C)=C\C)[C@H](O)[C@@H](O[C@@H]2[C@H](OC(C)=O)C(C)(C)CC3C4=CCC5[C@@]6(C)CC[C@H](O[C@H]7O[C@H](C(=O)O)[C@@H](O)[C@H](O[C@H]8O[C@H](CO)[C@@H](O)[C@@H]8O)[C@H]7O[C@@H]7O[C@H](CO)[C@H](O)[C@H](O)[C@H]7O)C(C)(C)C6CC[C@@]5(C)[C@]4(C)[C@H](O)[C@H](O)[C@]32CO)O[C@H]1C. The average Bonchev–Trinajstić information content (AvgIpc) is 0.880. The molecule has 9 rings (SSSR count). The summed E-state index contributed by atoms with van der Waals surface area (Å²) >= 11 is 0. The number of rotatable bonds is 17. The first kappa shape index (κ1) is 73.5. The molecule has 3 unspecified atom stereocenters. The molecule has 5 aliphatic carbocycles. The Morgan fingerprint density at radius 3 is 1.68 bits per heavy atom. The van der Waals surface area contributed by atoms with E-state index in [2.05, 4.69) is 19.9 Å². The van der Waals surface area contributed by atoms with E-state index in [0.29, 0.717) is 25.7 Å². The molecule has 28 heteroatoms. The maximum Gasteiger partial charge on any atom is 0.335 e. The van der Waals surface area contributed by atoms with Crippen LogP contribution in [0, 0.1) is 50.2 Å². The Bertz CT molecular complexity index is 2820. The number of aliphatic hydroxyl groups excluding tert-OH is 12. The lowest BCUT2D eigenvalue weighted by atomic mass is 9.32. The third-order valence-electron chi connectivity index (χ3n) is 23.7. The molecule has 9 aliphatic rings. The van der Waals surface area contributed by atoms with Crippen LogP contribution in [-0.2, 0) is 71.3 Å². The van der Waals surface area contributed by atoms with Gasteiger partial charge in [0.2, 0.25) is 0 Å². The molecular weight excluding hydrogens is 1230 g/mol. The van der Waals surface area contributed by atoms with Gasteiger partial charge in [-0.25, -0.2) is 14.4 Å². The Morgan fingerprint density at radius 1 is 0.581 bits per heavy atom. The van der Waals surface area contributed by atoms with Gasteiger partial charge in [-0.1, -0.05) is 72.3 Å². The molecule has 8 fully saturated rings. The van der Waals surface area contributed by atoms with Crippen LogP contribution in [-0.4, -0.2) is 257 Å². The maximum atomic E-state index is 13.5. The summed E-state index contributed by atoms with van der Waals surface area (Å²) < 4.78 is 67.7. The van der Waals surface area contributed by atoms with Gasteiger partial charge in [-0.05, 0) is 107 Å². The van der Waals surface area contributed by atoms with Gasteiger partial charge in [0.25, 0.3) is 0 Å². The van der Waals surface area contributed by atoms with Gasteiger partial charge in [0.15, 0.2) is 43.5 Å². The molecule has 4 aliphatic heterocycles. The van der Waals surface area contributed by atoms with E-state index in [1.807, 2.05) is 34.6 Å². The molecule has 0 amide bonds. The summed E-state index contributed by atoms with van der Waals surface area (Å²) in [7, 11) is 0. The van der Waals surface area contributed by atoms with E-state index in [0.717, 1.165) is 5.57 Å². The molecule has 4 saturated heterocycles. The molecule has 0 bridgehead atoms. The van der Waals surface area contributed by atoms with E-state index in [-0.39, 0.29) is 35.8 Å². The van der Waals surface area contributed by atoms with Gasteiger partial charge in [0.1, 0.15) is 79.4 Å². The third kappa shape index (κ3) is 12.2. The van der Waals surface area contributed by atoms with Crippen molar-refractivity contribution in [1.82, 2.24) is 0 Å². The molecule has 0 radical (unpaired) electrons. The van der Waals surface area contributed by atoms with Crippen LogP contribution in [0.4, 0.5) is 0 Å². The van der Waals surface area contributed by atoms with Crippen molar-refractivity contribution in [3.63, 3.8) is 0 Å². The van der Waals surface area contributed by atoms with Gasteiger partial charge in [-0.3, -0.25) is 4.79 Å². The lowest BCUT2D eigenvalue weighted by Crippen LogP contribution is -2.77. The Balaban J connectivity index is 1.05. The molecule has 4 heterocycles. The van der Waals surface area contributed by atoms with Crippen LogP contribution in [0.2, 0.25) is 0 Å². The van der Waals surface area contributed by atoms with Crippen molar-refractivity contribution in [2.45, 2.75) is 276 Å². The minimum atomic E-state index is -2.16. The van der Waals surface area contributed by atoms with E-state index in [1.54, 1.807) is 13.8 Å². The molecule has 13 N–H and O–H groups in total. The molecule has 4 saturated carbocycles. The molecule has 528 valence electrons. The highest BCUT2D eigenvalue weighted by molar-refractivity contribution is 5.88. The molecule has 93 heavy (non-hydrogen) atoms. The summed E-state index contributed by atoms with van der Waals surface area (Å²) in [6.07, 6.45) is -33.3. The van der Waals surface area contributed by atoms with E-state index in [9.17, 15) is 85.6 Å². The number of hydrogen-bond donors (Lipinski definition) is 13. The number of carboxylic acid groups (broad SMARTS) is 1. The van der Waals surface area contributed by atoms with Crippen LogP contribution in [0.1, 0.15) is 129 Å². The highest BCUT2D eigenvalue weighted by atomic mass is 16.8. The lowest BCUT2D eigenvalue weighted by Gasteiger charge is -2.73. The number of carbonyl (C=O) groups excluding carboxylic acids is 3. The van der Waals surface area contributed by atoms with Crippen LogP contribution in [0.3, 0.4) is 0 Å². The summed E-state index contributed by atoms with van der Waals surface area (Å²) in [6.45, 7) is 20.4. The monoisotopic (exact) mass is 1330 g/mol. The van der Waals surface area contributed by atoms with Gasteiger partial charge in [-0.2, -0.15) is 0 Å². The number of carbonyl (C=O) groups is 4. The summed E-state index contributed by atoms with van der Waals surface area (Å²) in [5.74, 6) is -5.27. The Labute approximate surface area is 540 Å². The Morgan fingerprint density at radius 2 is 1.13 bits per heavy atom. The zero-order valence-corrected chi connectivity index (χ0v) is 55.1. The van der Waals surface area contributed by atoms with Crippen molar-refractivity contribution in [2.75, 3.05) is 19.8 Å². The van der Waals surface area contributed by atoms with Crippen molar-refractivity contribution < 1.29 is 138 Å². The van der Waals surface area contributed by atoms with Crippen molar-refractivity contribution in [3.8, 4) is 0 Å². The third-order valence-corrected chi connectivity index (χ3v) is 23.7. The number of aliphatic hydroxyl groups is 12. The van der Waals surface area contributed by atoms with Crippen molar-refractivity contribution >= 4 is 23.9 Å². The van der Waals surface area contributed by atoms with Gasteiger partial charge >= 0.3 is 23.9 Å². The Kier molecular flexibility index (Phi) is 21.5. The van der Waals surface area contributed by atoms with Crippen LogP contribution < -0.4 is 0 Å². The largest absolute Gasteiger partial charge is 0.479 e. The minimum absolute atomic E-state index is 0.177. The second-order valence-corrected chi connectivity index (χ2v) is 29.4. The average molecular weight is 1330 g/mol. The topological polar surface area (TPSA) is 433 Å². The fourth-order valence-electron chi connectivity index (χ4n) is 18.0. The summed E-state index contributed by atoms with van der Waals surface area (Å²) in [5.41, 5.74) is -5.28. The zero-order chi connectivity index (χ0) is 68.9. The molecular formula is C65H100O28. The summed E-state index contributed by atoms with van der Waals surface area (Å²) in [6, 6.07) is 0. The number of aliphatic carboxylic acids is 1. The molecule has 28 nitrogen and oxygen atoms in total. The van der Waals surface area contributed by atoms with E-state index < -0.39 is 229 Å². The van der Waals surface area contributed by atoms with E-state index in [4.69, 9.17) is 52.1 Å². The zero-order valence-electron chi connectivity index (χ0n) is 55.1. The highest BCUT2D eigenvalue weighted by Crippen LogP contribution is 2.76. The fourth-order valence-corrected chi connectivity index (χ4v) is 18.0. The number of hydrogen-bond acceptors (Lipinski definition) is 27. The van der Waals surface area contributed by atoms with Crippen molar-refractivity contribution in [3.05, 3.63) is 34.9 Å². The predicted molar refractivity (Wildman–Crippen MR) is 318 cm³/mol. The highest BCUT2D eigenvalue weighted by Gasteiger charge is 2.76. The maximum absolute atomic E-state index is 13.5. The number of carboxylic acids is 1. The molecule has 0 aromatic rings. The smallest absolute Gasteiger partial charge is 0.335 e. The van der Waals surface area contributed by atoms with Crippen LogP contribution in [0.25, 0.3) is 0 Å². The second-order valence-electron chi connectivity index (χ2n) is 29.4. The Hall–Kier alpha value is -3.70. The quantitative estimate of drug-likeness (QED) is 0.0292. The number of ether oxygens (including phenoxy) is 11. The van der Waals surface area contributed by atoms with Gasteiger partial charge < -0.3 is 118 Å². The van der Waals surface area contributed by atoms with Crippen LogP contribution >= 0.6 is 0 Å². The lowest BCUT2D eigenvalue weighted by molar-refractivity contribution is -0.386. The summed E-state index contributed by atoms with van der Waals surface area (Å²) in [5, 5.41) is 148. The van der Waals surface area contributed by atoms with Crippen molar-refractivity contribution in [2.24, 2.45) is 50.2 Å².